The third-order valence-electron chi connectivity index (χ3n) is 6.31. The third-order valence-corrected chi connectivity index (χ3v) is 6.31. The average molecular weight is 388 g/mol. The van der Waals surface area contributed by atoms with E-state index >= 15 is 0 Å². The standard InChI is InChI=1S/C21H28N2O5/c24-17-13-28-18-7-4-9-23(19(17)18)21(26)16(11-14-5-2-1-3-6-14)22-20(25)15-8-10-27-12-15/h8,10,12,14,16,18-19H,1-7,9,11,13H2,(H,22,25)/t16-,18?,19?/m0/s1. The van der Waals surface area contributed by atoms with Crippen LogP contribution in [0.5, 0.6) is 0 Å². The van der Waals surface area contributed by atoms with Crippen molar-refractivity contribution < 1.29 is 23.5 Å². The zero-order valence-corrected chi connectivity index (χ0v) is 16.1. The van der Waals surface area contributed by atoms with E-state index in [0.29, 0.717) is 24.4 Å². The van der Waals surface area contributed by atoms with Gasteiger partial charge < -0.3 is 19.4 Å². The van der Waals surface area contributed by atoms with Crippen molar-refractivity contribution in [2.45, 2.75) is 69.6 Å². The first-order chi connectivity index (χ1) is 13.6. The van der Waals surface area contributed by atoms with Gasteiger partial charge in [-0.15, -0.1) is 0 Å². The summed E-state index contributed by atoms with van der Waals surface area (Å²) in [5.74, 6) is -0.0828. The van der Waals surface area contributed by atoms with Crippen LogP contribution in [0.2, 0.25) is 0 Å². The van der Waals surface area contributed by atoms with Crippen molar-refractivity contribution in [1.82, 2.24) is 10.2 Å². The zero-order chi connectivity index (χ0) is 19.5. The molecule has 0 radical (unpaired) electrons. The zero-order valence-electron chi connectivity index (χ0n) is 16.1. The van der Waals surface area contributed by atoms with E-state index in [0.717, 1.165) is 25.7 Å². The quantitative estimate of drug-likeness (QED) is 0.836. The summed E-state index contributed by atoms with van der Waals surface area (Å²) in [5, 5.41) is 2.92. The number of likely N-dealkylation sites (tertiary alicyclic amines) is 1. The van der Waals surface area contributed by atoms with Crippen LogP contribution in [0.4, 0.5) is 0 Å². The first-order valence-corrected chi connectivity index (χ1v) is 10.4. The number of hydrogen-bond donors (Lipinski definition) is 1. The van der Waals surface area contributed by atoms with Gasteiger partial charge in [-0.25, -0.2) is 0 Å². The molecule has 2 amide bonds. The van der Waals surface area contributed by atoms with Gasteiger partial charge in [-0.05, 0) is 31.2 Å². The van der Waals surface area contributed by atoms with Crippen molar-refractivity contribution in [3.05, 3.63) is 24.2 Å². The molecular formula is C21H28N2O5. The number of nitrogens with one attached hydrogen (secondary N) is 1. The highest BCUT2D eigenvalue weighted by molar-refractivity contribution is 5.98. The van der Waals surface area contributed by atoms with Crippen LogP contribution in [0.3, 0.4) is 0 Å². The van der Waals surface area contributed by atoms with Crippen LogP contribution in [-0.4, -0.2) is 53.8 Å². The highest BCUT2D eigenvalue weighted by atomic mass is 16.5. The van der Waals surface area contributed by atoms with E-state index < -0.39 is 12.1 Å². The van der Waals surface area contributed by atoms with Gasteiger partial charge in [0.05, 0.1) is 17.9 Å². The first kappa shape index (κ1) is 19.2. The molecule has 3 atom stereocenters. The van der Waals surface area contributed by atoms with E-state index in [-0.39, 0.29) is 30.3 Å². The van der Waals surface area contributed by atoms with Gasteiger partial charge in [-0.3, -0.25) is 14.4 Å². The summed E-state index contributed by atoms with van der Waals surface area (Å²) in [6.45, 7) is 0.617. The molecule has 3 fully saturated rings. The molecule has 28 heavy (non-hydrogen) atoms. The third kappa shape index (κ3) is 3.99. The molecule has 1 saturated carbocycles. The fourth-order valence-corrected chi connectivity index (χ4v) is 4.85. The summed E-state index contributed by atoms with van der Waals surface area (Å²) in [5.41, 5.74) is 0.401. The van der Waals surface area contributed by atoms with Crippen molar-refractivity contribution in [3.63, 3.8) is 0 Å². The number of ketones is 1. The van der Waals surface area contributed by atoms with Crippen LogP contribution in [0, 0.1) is 5.92 Å². The van der Waals surface area contributed by atoms with E-state index in [1.165, 1.54) is 31.8 Å². The van der Waals surface area contributed by atoms with Gasteiger partial charge in [-0.2, -0.15) is 0 Å². The molecule has 0 spiro atoms. The molecule has 1 N–H and O–H groups in total. The predicted octanol–water partition coefficient (Wildman–Crippen LogP) is 2.31. The average Bonchev–Trinajstić information content (AvgIpc) is 3.38. The lowest BCUT2D eigenvalue weighted by Crippen LogP contribution is -2.58. The van der Waals surface area contributed by atoms with E-state index in [2.05, 4.69) is 5.32 Å². The van der Waals surface area contributed by atoms with Crippen molar-refractivity contribution in [2.75, 3.05) is 13.2 Å². The predicted molar refractivity (Wildman–Crippen MR) is 101 cm³/mol. The maximum Gasteiger partial charge on any atom is 0.255 e. The number of carbonyl (C=O) groups excluding carboxylic acids is 3. The Balaban J connectivity index is 1.51. The highest BCUT2D eigenvalue weighted by Gasteiger charge is 2.46. The van der Waals surface area contributed by atoms with Gasteiger partial charge in [0.1, 0.15) is 25.0 Å². The number of furan rings is 1. The van der Waals surface area contributed by atoms with Crippen molar-refractivity contribution in [2.24, 2.45) is 5.92 Å². The van der Waals surface area contributed by atoms with E-state index in [9.17, 15) is 14.4 Å². The molecule has 3 aliphatic rings. The van der Waals surface area contributed by atoms with Gasteiger partial charge in [-0.1, -0.05) is 32.1 Å². The molecule has 7 heteroatoms. The van der Waals surface area contributed by atoms with Crippen LogP contribution >= 0.6 is 0 Å². The number of amides is 2. The van der Waals surface area contributed by atoms with Gasteiger partial charge in [0.25, 0.3) is 5.91 Å². The number of nitrogens with zero attached hydrogens (tertiary/aromatic N) is 1. The molecule has 2 aliphatic heterocycles. The molecule has 3 heterocycles. The molecule has 2 saturated heterocycles. The van der Waals surface area contributed by atoms with Crippen LogP contribution in [0.1, 0.15) is 61.7 Å². The number of fused-ring (bicyclic) bond motifs is 1. The van der Waals surface area contributed by atoms with Crippen LogP contribution in [0.25, 0.3) is 0 Å². The number of hydrogen-bond acceptors (Lipinski definition) is 5. The monoisotopic (exact) mass is 388 g/mol. The lowest BCUT2D eigenvalue weighted by atomic mass is 9.84. The Labute approximate surface area is 164 Å². The topological polar surface area (TPSA) is 88.9 Å². The summed E-state index contributed by atoms with van der Waals surface area (Å²) in [4.78, 5) is 40.0. The lowest BCUT2D eigenvalue weighted by molar-refractivity contribution is -0.142. The first-order valence-electron chi connectivity index (χ1n) is 10.4. The van der Waals surface area contributed by atoms with Crippen LogP contribution < -0.4 is 5.32 Å². The molecule has 1 aromatic heterocycles. The normalized spacial score (nSPS) is 26.7. The van der Waals surface area contributed by atoms with E-state index in [4.69, 9.17) is 9.15 Å². The number of Topliss-reactive ketones (excluding diaryl/α,β-unsaturated/α-hetero) is 1. The number of carbonyl (C=O) groups is 3. The highest BCUT2D eigenvalue weighted by Crippen LogP contribution is 2.30. The minimum atomic E-state index is -0.627. The molecule has 1 aliphatic carbocycles. The van der Waals surface area contributed by atoms with Gasteiger partial charge in [0, 0.05) is 6.54 Å². The summed E-state index contributed by atoms with van der Waals surface area (Å²) < 4.78 is 10.6. The van der Waals surface area contributed by atoms with Gasteiger partial charge in [0.2, 0.25) is 5.91 Å². The van der Waals surface area contributed by atoms with Crippen molar-refractivity contribution in [1.29, 1.82) is 0 Å². The van der Waals surface area contributed by atoms with E-state index in [1.54, 1.807) is 11.0 Å². The Bertz CT molecular complexity index is 710. The molecule has 7 nitrogen and oxygen atoms in total. The minimum absolute atomic E-state index is 0.0318. The summed E-state index contributed by atoms with van der Waals surface area (Å²) in [6.07, 6.45) is 10.6. The van der Waals surface area contributed by atoms with Crippen LogP contribution in [-0.2, 0) is 14.3 Å². The summed E-state index contributed by atoms with van der Waals surface area (Å²) >= 11 is 0. The molecule has 0 bridgehead atoms. The van der Waals surface area contributed by atoms with Crippen molar-refractivity contribution >= 4 is 17.6 Å². The van der Waals surface area contributed by atoms with Crippen LogP contribution in [0.15, 0.2) is 23.0 Å². The molecule has 2 unspecified atom stereocenters. The SMILES string of the molecule is O=C(N[C@@H](CC1CCCCC1)C(=O)N1CCCC2OCC(=O)C21)c1ccoc1. The van der Waals surface area contributed by atoms with Gasteiger partial charge in [0.15, 0.2) is 5.78 Å². The molecule has 0 aromatic carbocycles. The minimum Gasteiger partial charge on any atom is -0.472 e. The summed E-state index contributed by atoms with van der Waals surface area (Å²) in [6, 6.07) is 0.460. The number of piperidine rings is 1. The Morgan fingerprint density at radius 3 is 2.75 bits per heavy atom. The fourth-order valence-electron chi connectivity index (χ4n) is 4.85. The molecule has 152 valence electrons. The Kier molecular flexibility index (Phi) is 5.80. The summed E-state index contributed by atoms with van der Waals surface area (Å²) in [7, 11) is 0. The second kappa shape index (κ2) is 8.47. The smallest absolute Gasteiger partial charge is 0.255 e. The maximum absolute atomic E-state index is 13.4. The molecular weight excluding hydrogens is 360 g/mol. The lowest BCUT2D eigenvalue weighted by Gasteiger charge is -2.38. The van der Waals surface area contributed by atoms with Crippen molar-refractivity contribution in [3.8, 4) is 0 Å². The fraction of sp³-hybridized carbons (Fsp3) is 0.667. The maximum atomic E-state index is 13.4. The number of ether oxygens (including phenoxy) is 1. The Morgan fingerprint density at radius 2 is 2.00 bits per heavy atom. The molecule has 4 rings (SSSR count). The Hall–Kier alpha value is -2.15. The largest absolute Gasteiger partial charge is 0.472 e. The second-order valence-corrected chi connectivity index (χ2v) is 8.21. The molecule has 1 aromatic rings. The van der Waals surface area contributed by atoms with E-state index in [1.807, 2.05) is 0 Å². The van der Waals surface area contributed by atoms with Gasteiger partial charge >= 0.3 is 0 Å². The number of rotatable bonds is 5. The second-order valence-electron chi connectivity index (χ2n) is 8.21. The Morgan fingerprint density at radius 1 is 1.18 bits per heavy atom.